The molecule has 0 spiro atoms. The lowest BCUT2D eigenvalue weighted by Gasteiger charge is -2.26. The third-order valence-corrected chi connectivity index (χ3v) is 5.02. The largest absolute Gasteiger partial charge is 0.384 e. The Bertz CT molecular complexity index is 447. The lowest BCUT2D eigenvalue weighted by atomic mass is 9.91. The fraction of sp³-hybridized carbons (Fsp3) is 0.500. The van der Waals surface area contributed by atoms with Crippen LogP contribution in [0.25, 0.3) is 0 Å². The second kappa shape index (κ2) is 5.98. The number of rotatable bonds is 3. The number of nitrogen functional groups attached to an aromatic ring is 1. The number of halogens is 1. The highest BCUT2D eigenvalue weighted by Crippen LogP contribution is 2.37. The number of thioether (sulfide) groups is 1. The molecule has 0 radical (unpaired) electrons. The van der Waals surface area contributed by atoms with Gasteiger partial charge in [-0.1, -0.05) is 31.4 Å². The van der Waals surface area contributed by atoms with Crippen LogP contribution >= 0.6 is 23.4 Å². The van der Waals surface area contributed by atoms with Gasteiger partial charge in [0.15, 0.2) is 0 Å². The average Bonchev–Trinajstić information content (AvgIpc) is 2.31. The lowest BCUT2D eigenvalue weighted by molar-refractivity contribution is 0.394. The van der Waals surface area contributed by atoms with Crippen molar-refractivity contribution >= 4 is 29.2 Å². The SMILES string of the molecule is CC1CCCC(Sc2ccc(Cl)cc2C(=N)N)C1. The van der Waals surface area contributed by atoms with E-state index in [2.05, 4.69) is 6.92 Å². The van der Waals surface area contributed by atoms with E-state index in [1.165, 1.54) is 25.7 Å². The van der Waals surface area contributed by atoms with Gasteiger partial charge in [-0.2, -0.15) is 0 Å². The van der Waals surface area contributed by atoms with Crippen molar-refractivity contribution in [2.45, 2.75) is 42.8 Å². The molecule has 3 N–H and O–H groups in total. The number of hydrogen-bond acceptors (Lipinski definition) is 2. The molecule has 98 valence electrons. The molecule has 18 heavy (non-hydrogen) atoms. The zero-order valence-electron chi connectivity index (χ0n) is 10.6. The zero-order valence-corrected chi connectivity index (χ0v) is 12.2. The van der Waals surface area contributed by atoms with Gasteiger partial charge in [-0.05, 0) is 37.0 Å². The fourth-order valence-electron chi connectivity index (χ4n) is 2.48. The first-order chi connectivity index (χ1) is 8.56. The summed E-state index contributed by atoms with van der Waals surface area (Å²) in [7, 11) is 0. The number of benzene rings is 1. The molecule has 1 aromatic rings. The normalized spacial score (nSPS) is 23.9. The summed E-state index contributed by atoms with van der Waals surface area (Å²) in [5.74, 6) is 0.910. The highest BCUT2D eigenvalue weighted by Gasteiger charge is 2.21. The average molecular weight is 283 g/mol. The van der Waals surface area contributed by atoms with Gasteiger partial charge in [-0.15, -0.1) is 11.8 Å². The monoisotopic (exact) mass is 282 g/mol. The van der Waals surface area contributed by atoms with Crippen molar-refractivity contribution in [2.75, 3.05) is 0 Å². The van der Waals surface area contributed by atoms with Crippen molar-refractivity contribution in [3.05, 3.63) is 28.8 Å². The summed E-state index contributed by atoms with van der Waals surface area (Å²) in [6.07, 6.45) is 5.17. The van der Waals surface area contributed by atoms with Crippen LogP contribution in [-0.4, -0.2) is 11.1 Å². The first kappa shape index (κ1) is 13.8. The molecule has 2 unspecified atom stereocenters. The molecule has 2 rings (SSSR count). The molecule has 1 saturated carbocycles. The number of hydrogen-bond donors (Lipinski definition) is 2. The van der Waals surface area contributed by atoms with Gasteiger partial charge in [0.05, 0.1) is 0 Å². The molecule has 1 aliphatic carbocycles. The second-order valence-electron chi connectivity index (χ2n) is 5.07. The van der Waals surface area contributed by atoms with Crippen molar-refractivity contribution in [1.82, 2.24) is 0 Å². The molecule has 0 aromatic heterocycles. The van der Waals surface area contributed by atoms with E-state index in [0.29, 0.717) is 10.3 Å². The van der Waals surface area contributed by atoms with Crippen molar-refractivity contribution in [2.24, 2.45) is 11.7 Å². The van der Waals surface area contributed by atoms with E-state index < -0.39 is 0 Å². The number of amidine groups is 1. The van der Waals surface area contributed by atoms with Gasteiger partial charge >= 0.3 is 0 Å². The summed E-state index contributed by atoms with van der Waals surface area (Å²) in [4.78, 5) is 1.09. The Labute approximate surface area is 118 Å². The molecule has 2 nitrogen and oxygen atoms in total. The topological polar surface area (TPSA) is 49.9 Å². The molecular formula is C14H19ClN2S. The van der Waals surface area contributed by atoms with Crippen molar-refractivity contribution in [1.29, 1.82) is 5.41 Å². The summed E-state index contributed by atoms with van der Waals surface area (Å²) in [6, 6.07) is 5.66. The highest BCUT2D eigenvalue weighted by atomic mass is 35.5. The Morgan fingerprint density at radius 1 is 1.44 bits per heavy atom. The van der Waals surface area contributed by atoms with Crippen LogP contribution in [0, 0.1) is 11.3 Å². The van der Waals surface area contributed by atoms with Gasteiger partial charge in [0, 0.05) is 20.7 Å². The van der Waals surface area contributed by atoms with Crippen molar-refractivity contribution < 1.29 is 0 Å². The maximum Gasteiger partial charge on any atom is 0.123 e. The Morgan fingerprint density at radius 2 is 2.22 bits per heavy atom. The van der Waals surface area contributed by atoms with Gasteiger partial charge in [-0.25, -0.2) is 0 Å². The second-order valence-corrected chi connectivity index (χ2v) is 6.84. The van der Waals surface area contributed by atoms with Crippen LogP contribution in [-0.2, 0) is 0 Å². The van der Waals surface area contributed by atoms with E-state index in [1.807, 2.05) is 23.9 Å². The summed E-state index contributed by atoms with van der Waals surface area (Å²) in [5.41, 5.74) is 6.40. The summed E-state index contributed by atoms with van der Waals surface area (Å²) < 4.78 is 0. The molecule has 4 heteroatoms. The Hall–Kier alpha value is -0.670. The third-order valence-electron chi connectivity index (χ3n) is 3.41. The van der Waals surface area contributed by atoms with Crippen LogP contribution in [0.4, 0.5) is 0 Å². The first-order valence-corrected chi connectivity index (χ1v) is 7.62. The van der Waals surface area contributed by atoms with Crippen molar-refractivity contribution in [3.8, 4) is 0 Å². The van der Waals surface area contributed by atoms with Gasteiger partial charge in [-0.3, -0.25) is 5.41 Å². The van der Waals surface area contributed by atoms with Crippen molar-refractivity contribution in [3.63, 3.8) is 0 Å². The molecule has 0 amide bonds. The zero-order chi connectivity index (χ0) is 13.1. The van der Waals surface area contributed by atoms with Gasteiger partial charge in [0.1, 0.15) is 5.84 Å². The predicted octanol–water partition coefficient (Wildman–Crippen LogP) is 4.29. The summed E-state index contributed by atoms with van der Waals surface area (Å²) >= 11 is 7.82. The quantitative estimate of drug-likeness (QED) is 0.642. The molecule has 0 aliphatic heterocycles. The minimum Gasteiger partial charge on any atom is -0.384 e. The molecular weight excluding hydrogens is 264 g/mol. The Morgan fingerprint density at radius 3 is 2.89 bits per heavy atom. The van der Waals surface area contributed by atoms with E-state index in [1.54, 1.807) is 6.07 Å². The number of nitrogens with one attached hydrogen (secondary N) is 1. The first-order valence-electron chi connectivity index (χ1n) is 6.37. The minimum atomic E-state index is 0.101. The third kappa shape index (κ3) is 3.42. The minimum absolute atomic E-state index is 0.101. The van der Waals surface area contributed by atoms with E-state index >= 15 is 0 Å². The highest BCUT2D eigenvalue weighted by molar-refractivity contribution is 8.00. The number of nitrogens with two attached hydrogens (primary N) is 1. The van der Waals surface area contributed by atoms with Gasteiger partial charge < -0.3 is 5.73 Å². The van der Waals surface area contributed by atoms with Gasteiger partial charge in [0.2, 0.25) is 0 Å². The molecule has 0 bridgehead atoms. The Kier molecular flexibility index (Phi) is 4.57. The molecule has 0 heterocycles. The molecule has 2 atom stereocenters. The van der Waals surface area contributed by atoms with Crippen LogP contribution in [0.15, 0.2) is 23.1 Å². The van der Waals surface area contributed by atoms with E-state index in [9.17, 15) is 0 Å². The molecule has 1 aromatic carbocycles. The van der Waals surface area contributed by atoms with Gasteiger partial charge in [0.25, 0.3) is 0 Å². The van der Waals surface area contributed by atoms with Crippen LogP contribution in [0.5, 0.6) is 0 Å². The lowest BCUT2D eigenvalue weighted by Crippen LogP contribution is -2.17. The van der Waals surface area contributed by atoms with Crippen LogP contribution < -0.4 is 5.73 Å². The molecule has 1 fully saturated rings. The smallest absolute Gasteiger partial charge is 0.123 e. The molecule has 1 aliphatic rings. The molecule has 0 saturated heterocycles. The standard InChI is InChI=1S/C14H19ClN2S/c1-9-3-2-4-11(7-9)18-13-6-5-10(15)8-12(13)14(16)17/h5-6,8-9,11H,2-4,7H2,1H3,(H3,16,17). The van der Waals surface area contributed by atoms with E-state index in [-0.39, 0.29) is 5.84 Å². The summed E-state index contributed by atoms with van der Waals surface area (Å²) in [6.45, 7) is 2.32. The van der Waals surface area contributed by atoms with Crippen LogP contribution in [0.1, 0.15) is 38.2 Å². The predicted molar refractivity (Wildman–Crippen MR) is 79.7 cm³/mol. The maximum atomic E-state index is 7.64. The van der Waals surface area contributed by atoms with Crippen LogP contribution in [0.2, 0.25) is 5.02 Å². The summed E-state index contributed by atoms with van der Waals surface area (Å²) in [5, 5.41) is 8.92. The maximum absolute atomic E-state index is 7.64. The van der Waals surface area contributed by atoms with E-state index in [0.717, 1.165) is 16.4 Å². The van der Waals surface area contributed by atoms with E-state index in [4.69, 9.17) is 22.7 Å². The fourth-order valence-corrected chi connectivity index (χ4v) is 4.16. The van der Waals surface area contributed by atoms with Crippen LogP contribution in [0.3, 0.4) is 0 Å². The Balaban J connectivity index is 2.15.